The van der Waals surface area contributed by atoms with E-state index in [4.69, 9.17) is 14.2 Å². The lowest BCUT2D eigenvalue weighted by Gasteiger charge is -2.29. The minimum absolute atomic E-state index is 0.0462. The summed E-state index contributed by atoms with van der Waals surface area (Å²) in [5.74, 6) is -0.166. The molecule has 7 heteroatoms. The highest BCUT2D eigenvalue weighted by Gasteiger charge is 2.22. The summed E-state index contributed by atoms with van der Waals surface area (Å²) in [6.45, 7) is 6.89. The number of benzene rings is 1. The van der Waals surface area contributed by atoms with E-state index in [1.165, 1.54) is 7.11 Å². The molecule has 0 saturated carbocycles. The Morgan fingerprint density at radius 1 is 1.22 bits per heavy atom. The smallest absolute Gasteiger partial charge is 0.310 e. The number of carbonyl (C=O) groups is 2. The van der Waals surface area contributed by atoms with Crippen LogP contribution in [-0.2, 0) is 19.1 Å². The Morgan fingerprint density at radius 2 is 1.93 bits per heavy atom. The number of morpholine rings is 1. The van der Waals surface area contributed by atoms with Crippen LogP contribution >= 0.6 is 0 Å². The highest BCUT2D eigenvalue weighted by atomic mass is 16.5. The monoisotopic (exact) mass is 378 g/mol. The van der Waals surface area contributed by atoms with Crippen molar-refractivity contribution < 1.29 is 23.8 Å². The van der Waals surface area contributed by atoms with Gasteiger partial charge in [0.2, 0.25) is 0 Å². The van der Waals surface area contributed by atoms with Gasteiger partial charge in [-0.1, -0.05) is 25.1 Å². The van der Waals surface area contributed by atoms with E-state index >= 15 is 0 Å². The zero-order valence-corrected chi connectivity index (χ0v) is 16.3. The van der Waals surface area contributed by atoms with Crippen LogP contribution in [0.25, 0.3) is 0 Å². The quantitative estimate of drug-likeness (QED) is 0.574. The highest BCUT2D eigenvalue weighted by Crippen LogP contribution is 2.10. The zero-order chi connectivity index (χ0) is 19.5. The van der Waals surface area contributed by atoms with Gasteiger partial charge >= 0.3 is 5.97 Å². The molecule has 150 valence electrons. The number of hydrogen-bond acceptors (Lipinski definition) is 6. The van der Waals surface area contributed by atoms with Crippen LogP contribution in [0.4, 0.5) is 0 Å². The molecular formula is C20H30N2O5. The number of nitrogens with zero attached hydrogens (tertiary/aromatic N) is 2. The van der Waals surface area contributed by atoms with Crippen LogP contribution in [0, 0.1) is 5.92 Å². The second-order valence-corrected chi connectivity index (χ2v) is 6.67. The van der Waals surface area contributed by atoms with Crippen molar-refractivity contribution in [1.29, 1.82) is 0 Å². The van der Waals surface area contributed by atoms with Gasteiger partial charge in [-0.25, -0.2) is 0 Å². The molecule has 1 fully saturated rings. The second kappa shape index (κ2) is 11.6. The predicted octanol–water partition coefficient (Wildman–Crippen LogP) is 1.43. The first-order valence-corrected chi connectivity index (χ1v) is 9.43. The molecule has 0 spiro atoms. The van der Waals surface area contributed by atoms with Gasteiger partial charge in [-0.3, -0.25) is 14.5 Å². The molecule has 0 radical (unpaired) electrons. The summed E-state index contributed by atoms with van der Waals surface area (Å²) in [7, 11) is 1.36. The maximum atomic E-state index is 12.7. The molecule has 1 heterocycles. The Morgan fingerprint density at radius 3 is 2.59 bits per heavy atom. The van der Waals surface area contributed by atoms with Crippen LogP contribution in [0.15, 0.2) is 30.3 Å². The van der Waals surface area contributed by atoms with Gasteiger partial charge in [-0.05, 0) is 18.6 Å². The van der Waals surface area contributed by atoms with Crippen molar-refractivity contribution in [2.45, 2.75) is 13.3 Å². The van der Waals surface area contributed by atoms with Gasteiger partial charge in [0.1, 0.15) is 5.75 Å². The molecule has 1 atom stereocenters. The predicted molar refractivity (Wildman–Crippen MR) is 102 cm³/mol. The molecule has 27 heavy (non-hydrogen) atoms. The molecule has 0 aromatic heterocycles. The van der Waals surface area contributed by atoms with Crippen LogP contribution in [0.2, 0.25) is 0 Å². The lowest BCUT2D eigenvalue weighted by molar-refractivity contribution is -0.146. The first-order valence-electron chi connectivity index (χ1n) is 9.43. The van der Waals surface area contributed by atoms with Crippen molar-refractivity contribution in [3.63, 3.8) is 0 Å². The summed E-state index contributed by atoms with van der Waals surface area (Å²) in [6.07, 6.45) is 0.838. The summed E-state index contributed by atoms with van der Waals surface area (Å²) in [5.41, 5.74) is 0. The fraction of sp³-hybridized carbons (Fsp3) is 0.600. The third-order valence-electron chi connectivity index (χ3n) is 4.56. The molecular weight excluding hydrogens is 348 g/mol. The van der Waals surface area contributed by atoms with Crippen molar-refractivity contribution in [2.75, 3.05) is 59.7 Å². The maximum Gasteiger partial charge on any atom is 0.310 e. The Kier molecular flexibility index (Phi) is 9.07. The minimum atomic E-state index is -0.376. The molecule has 0 aliphatic carbocycles. The van der Waals surface area contributed by atoms with Crippen LogP contribution in [0.3, 0.4) is 0 Å². The van der Waals surface area contributed by atoms with Crippen molar-refractivity contribution in [1.82, 2.24) is 9.80 Å². The fourth-order valence-corrected chi connectivity index (χ4v) is 2.99. The molecule has 1 aromatic rings. The van der Waals surface area contributed by atoms with Crippen LogP contribution in [0.5, 0.6) is 5.75 Å². The number of rotatable bonds is 10. The van der Waals surface area contributed by atoms with Gasteiger partial charge in [0, 0.05) is 32.7 Å². The largest absolute Gasteiger partial charge is 0.484 e. The average Bonchev–Trinajstić information content (AvgIpc) is 2.72. The Hall–Kier alpha value is -2.12. The van der Waals surface area contributed by atoms with Gasteiger partial charge in [0.05, 0.1) is 26.2 Å². The van der Waals surface area contributed by atoms with Gasteiger partial charge in [0.25, 0.3) is 5.91 Å². The summed E-state index contributed by atoms with van der Waals surface area (Å²) >= 11 is 0. The number of carbonyl (C=O) groups excluding carboxylic acids is 2. The Bertz CT molecular complexity index is 575. The highest BCUT2D eigenvalue weighted by molar-refractivity contribution is 5.79. The first kappa shape index (κ1) is 21.2. The molecule has 1 amide bonds. The normalized spacial score (nSPS) is 15.8. The molecule has 0 bridgehead atoms. The molecule has 0 N–H and O–H groups in total. The SMILES string of the molecule is COC(=O)C(C)CN(CCCN1CCOCC1)C(=O)COc1ccccc1. The van der Waals surface area contributed by atoms with E-state index in [2.05, 4.69) is 4.90 Å². The lowest BCUT2D eigenvalue weighted by atomic mass is 10.1. The number of para-hydroxylation sites is 1. The fourth-order valence-electron chi connectivity index (χ4n) is 2.99. The van der Waals surface area contributed by atoms with Gasteiger partial charge in [-0.2, -0.15) is 0 Å². The van der Waals surface area contributed by atoms with Gasteiger partial charge in [-0.15, -0.1) is 0 Å². The van der Waals surface area contributed by atoms with Crippen molar-refractivity contribution in [2.24, 2.45) is 5.92 Å². The molecule has 7 nitrogen and oxygen atoms in total. The maximum absolute atomic E-state index is 12.7. The summed E-state index contributed by atoms with van der Waals surface area (Å²) < 4.78 is 15.7. The van der Waals surface area contributed by atoms with Gasteiger partial charge < -0.3 is 19.1 Å². The summed E-state index contributed by atoms with van der Waals surface area (Å²) in [4.78, 5) is 28.4. The van der Waals surface area contributed by atoms with E-state index in [1.54, 1.807) is 11.8 Å². The lowest BCUT2D eigenvalue weighted by Crippen LogP contribution is -2.42. The second-order valence-electron chi connectivity index (χ2n) is 6.67. The van der Waals surface area contributed by atoms with E-state index in [-0.39, 0.29) is 24.4 Å². The summed E-state index contributed by atoms with van der Waals surface area (Å²) in [6, 6.07) is 9.24. The van der Waals surface area contributed by atoms with E-state index in [0.717, 1.165) is 39.3 Å². The third-order valence-corrected chi connectivity index (χ3v) is 4.56. The molecule has 1 saturated heterocycles. The van der Waals surface area contributed by atoms with E-state index in [9.17, 15) is 9.59 Å². The standard InChI is InChI=1S/C20H30N2O5/c1-17(20(24)25-2)15-22(10-6-9-21-11-13-26-14-12-21)19(23)16-27-18-7-4-3-5-8-18/h3-5,7-8,17H,6,9-16H2,1-2H3. The van der Waals surface area contributed by atoms with Gasteiger partial charge in [0.15, 0.2) is 6.61 Å². The summed E-state index contributed by atoms with van der Waals surface area (Å²) in [5, 5.41) is 0. The number of esters is 1. The molecule has 1 aromatic carbocycles. The third kappa shape index (κ3) is 7.56. The number of methoxy groups -OCH3 is 1. The van der Waals surface area contributed by atoms with Crippen LogP contribution in [-0.4, -0.2) is 81.3 Å². The molecule has 1 aliphatic heterocycles. The van der Waals surface area contributed by atoms with E-state index in [0.29, 0.717) is 18.8 Å². The minimum Gasteiger partial charge on any atom is -0.484 e. The molecule has 1 unspecified atom stereocenters. The van der Waals surface area contributed by atoms with Crippen LogP contribution in [0.1, 0.15) is 13.3 Å². The number of amides is 1. The molecule has 1 aliphatic rings. The Balaban J connectivity index is 1.86. The molecule has 2 rings (SSSR count). The van der Waals surface area contributed by atoms with Crippen molar-refractivity contribution in [3.8, 4) is 5.75 Å². The first-order chi connectivity index (χ1) is 13.1. The van der Waals surface area contributed by atoms with Crippen molar-refractivity contribution in [3.05, 3.63) is 30.3 Å². The Labute approximate surface area is 161 Å². The van der Waals surface area contributed by atoms with Crippen LogP contribution < -0.4 is 4.74 Å². The van der Waals surface area contributed by atoms with E-state index in [1.807, 2.05) is 30.3 Å². The average molecular weight is 378 g/mol. The number of ether oxygens (including phenoxy) is 3. The topological polar surface area (TPSA) is 68.3 Å². The number of hydrogen-bond donors (Lipinski definition) is 0. The zero-order valence-electron chi connectivity index (χ0n) is 16.3. The van der Waals surface area contributed by atoms with Crippen molar-refractivity contribution >= 4 is 11.9 Å². The van der Waals surface area contributed by atoms with E-state index < -0.39 is 0 Å².